The molecule has 0 saturated heterocycles. The zero-order chi connectivity index (χ0) is 14.6. The van der Waals surface area contributed by atoms with Crippen LogP contribution in [0.3, 0.4) is 0 Å². The second kappa shape index (κ2) is 6.46. The Kier molecular flexibility index (Phi) is 5.47. The van der Waals surface area contributed by atoms with Gasteiger partial charge < -0.3 is 5.32 Å². The second-order valence-electron chi connectivity index (χ2n) is 4.66. The van der Waals surface area contributed by atoms with Gasteiger partial charge in [-0.15, -0.1) is 0 Å². The number of nitrogens with one attached hydrogen (secondary N) is 1. The SMILES string of the molecule is CCC(CC)(CBr)NC(=O)c1cc(C)c(F)cc1F. The fourth-order valence-electron chi connectivity index (χ4n) is 1.79. The average Bonchev–Trinajstić information content (AvgIpc) is 2.40. The first-order valence-corrected chi connectivity index (χ1v) is 7.35. The molecule has 0 aromatic heterocycles. The molecule has 0 aliphatic heterocycles. The summed E-state index contributed by atoms with van der Waals surface area (Å²) in [5.41, 5.74) is -0.277. The van der Waals surface area contributed by atoms with Gasteiger partial charge in [0.15, 0.2) is 0 Å². The van der Waals surface area contributed by atoms with Crippen molar-refractivity contribution < 1.29 is 13.6 Å². The number of amides is 1. The van der Waals surface area contributed by atoms with Crippen LogP contribution in [0, 0.1) is 18.6 Å². The van der Waals surface area contributed by atoms with Crippen LogP contribution in [0.25, 0.3) is 0 Å². The number of aryl methyl sites for hydroxylation is 1. The third kappa shape index (κ3) is 3.53. The van der Waals surface area contributed by atoms with Gasteiger partial charge >= 0.3 is 0 Å². The molecule has 0 bridgehead atoms. The molecule has 0 spiro atoms. The van der Waals surface area contributed by atoms with E-state index >= 15 is 0 Å². The van der Waals surface area contributed by atoms with E-state index in [0.29, 0.717) is 5.33 Å². The van der Waals surface area contributed by atoms with Crippen molar-refractivity contribution >= 4 is 21.8 Å². The Balaban J connectivity index is 3.04. The van der Waals surface area contributed by atoms with Crippen LogP contribution in [0.4, 0.5) is 8.78 Å². The maximum atomic E-state index is 13.7. The molecule has 1 N–H and O–H groups in total. The Morgan fingerprint density at radius 1 is 1.26 bits per heavy atom. The zero-order valence-corrected chi connectivity index (χ0v) is 12.9. The number of hydrogen-bond acceptors (Lipinski definition) is 1. The maximum absolute atomic E-state index is 13.7. The van der Waals surface area contributed by atoms with Crippen molar-refractivity contribution in [3.63, 3.8) is 0 Å². The molecular formula is C14H18BrF2NO. The van der Waals surface area contributed by atoms with Crippen molar-refractivity contribution in [2.75, 3.05) is 5.33 Å². The number of halogens is 3. The first-order valence-electron chi connectivity index (χ1n) is 6.23. The average molecular weight is 334 g/mol. The maximum Gasteiger partial charge on any atom is 0.254 e. The Labute approximate surface area is 120 Å². The lowest BCUT2D eigenvalue weighted by molar-refractivity contribution is 0.0899. The van der Waals surface area contributed by atoms with Crippen LogP contribution in [0.15, 0.2) is 12.1 Å². The Morgan fingerprint density at radius 2 is 1.84 bits per heavy atom. The van der Waals surface area contributed by atoms with Gasteiger partial charge in [-0.25, -0.2) is 8.78 Å². The Morgan fingerprint density at radius 3 is 2.32 bits per heavy atom. The normalized spacial score (nSPS) is 11.5. The minimum Gasteiger partial charge on any atom is -0.346 e. The second-order valence-corrected chi connectivity index (χ2v) is 5.22. The van der Waals surface area contributed by atoms with Crippen LogP contribution in [0.1, 0.15) is 42.6 Å². The Hall–Kier alpha value is -0.970. The van der Waals surface area contributed by atoms with E-state index in [1.165, 1.54) is 13.0 Å². The number of carbonyl (C=O) groups excluding carboxylic acids is 1. The van der Waals surface area contributed by atoms with Crippen LogP contribution >= 0.6 is 15.9 Å². The van der Waals surface area contributed by atoms with Crippen LogP contribution in [0.5, 0.6) is 0 Å². The summed E-state index contributed by atoms with van der Waals surface area (Å²) < 4.78 is 26.8. The number of benzene rings is 1. The molecule has 1 aromatic carbocycles. The summed E-state index contributed by atoms with van der Waals surface area (Å²) in [5, 5.41) is 3.42. The van der Waals surface area contributed by atoms with E-state index in [-0.39, 0.29) is 11.1 Å². The van der Waals surface area contributed by atoms with E-state index < -0.39 is 23.1 Å². The minimum absolute atomic E-state index is 0.119. The number of carbonyl (C=O) groups is 1. The number of alkyl halides is 1. The molecule has 0 heterocycles. The summed E-state index contributed by atoms with van der Waals surface area (Å²) in [6.45, 7) is 5.41. The van der Waals surface area contributed by atoms with Crippen LogP contribution in [0.2, 0.25) is 0 Å². The third-order valence-electron chi connectivity index (χ3n) is 3.48. The lowest BCUT2D eigenvalue weighted by Crippen LogP contribution is -2.49. The van der Waals surface area contributed by atoms with Crippen molar-refractivity contribution in [1.29, 1.82) is 0 Å². The molecule has 1 aromatic rings. The summed E-state index contributed by atoms with van der Waals surface area (Å²) in [4.78, 5) is 12.1. The van der Waals surface area contributed by atoms with Crippen molar-refractivity contribution in [2.24, 2.45) is 0 Å². The standard InChI is InChI=1S/C14H18BrF2NO/c1-4-14(5-2,8-15)18-13(19)10-6-9(3)11(16)7-12(10)17/h6-7H,4-5,8H2,1-3H3,(H,18,19). The summed E-state index contributed by atoms with van der Waals surface area (Å²) in [6.07, 6.45) is 1.45. The highest BCUT2D eigenvalue weighted by atomic mass is 79.9. The van der Waals surface area contributed by atoms with E-state index in [1.807, 2.05) is 13.8 Å². The largest absolute Gasteiger partial charge is 0.346 e. The van der Waals surface area contributed by atoms with Crippen LogP contribution < -0.4 is 5.32 Å². The predicted molar refractivity (Wildman–Crippen MR) is 75.7 cm³/mol. The molecule has 106 valence electrons. The lowest BCUT2D eigenvalue weighted by Gasteiger charge is -2.31. The third-order valence-corrected chi connectivity index (χ3v) is 4.55. The number of rotatable bonds is 5. The van der Waals surface area contributed by atoms with Crippen molar-refractivity contribution in [3.05, 3.63) is 34.9 Å². The molecule has 0 atom stereocenters. The van der Waals surface area contributed by atoms with Gasteiger partial charge in [-0.1, -0.05) is 29.8 Å². The van der Waals surface area contributed by atoms with Crippen molar-refractivity contribution in [2.45, 2.75) is 39.2 Å². The van der Waals surface area contributed by atoms with Crippen LogP contribution in [-0.4, -0.2) is 16.8 Å². The van der Waals surface area contributed by atoms with Crippen molar-refractivity contribution in [3.8, 4) is 0 Å². The topological polar surface area (TPSA) is 29.1 Å². The smallest absolute Gasteiger partial charge is 0.254 e. The zero-order valence-electron chi connectivity index (χ0n) is 11.3. The monoisotopic (exact) mass is 333 g/mol. The van der Waals surface area contributed by atoms with Crippen molar-refractivity contribution in [1.82, 2.24) is 5.32 Å². The molecule has 2 nitrogen and oxygen atoms in total. The van der Waals surface area contributed by atoms with Gasteiger partial charge in [-0.3, -0.25) is 4.79 Å². The van der Waals surface area contributed by atoms with E-state index in [0.717, 1.165) is 18.9 Å². The van der Waals surface area contributed by atoms with E-state index in [1.54, 1.807) is 0 Å². The fourth-order valence-corrected chi connectivity index (χ4v) is 2.72. The van der Waals surface area contributed by atoms with Gasteiger partial charge in [0, 0.05) is 16.9 Å². The lowest BCUT2D eigenvalue weighted by atomic mass is 9.94. The quantitative estimate of drug-likeness (QED) is 0.812. The molecule has 0 radical (unpaired) electrons. The minimum atomic E-state index is -0.837. The fraction of sp³-hybridized carbons (Fsp3) is 0.500. The highest BCUT2D eigenvalue weighted by molar-refractivity contribution is 9.09. The molecule has 19 heavy (non-hydrogen) atoms. The molecule has 5 heteroatoms. The van der Waals surface area contributed by atoms with Gasteiger partial charge in [-0.05, 0) is 31.4 Å². The van der Waals surface area contributed by atoms with Gasteiger partial charge in [0.2, 0.25) is 0 Å². The van der Waals surface area contributed by atoms with E-state index in [9.17, 15) is 13.6 Å². The molecule has 0 aliphatic carbocycles. The Bertz CT molecular complexity index is 464. The van der Waals surface area contributed by atoms with Gasteiger partial charge in [0.25, 0.3) is 5.91 Å². The molecule has 1 rings (SSSR count). The van der Waals surface area contributed by atoms with Gasteiger partial charge in [-0.2, -0.15) is 0 Å². The molecule has 0 aliphatic rings. The van der Waals surface area contributed by atoms with Crippen LogP contribution in [-0.2, 0) is 0 Å². The summed E-state index contributed by atoms with van der Waals surface area (Å²) in [7, 11) is 0. The highest BCUT2D eigenvalue weighted by Crippen LogP contribution is 2.20. The van der Waals surface area contributed by atoms with Gasteiger partial charge in [0.05, 0.1) is 5.56 Å². The summed E-state index contributed by atoms with van der Waals surface area (Å²) >= 11 is 3.37. The molecule has 0 unspecified atom stereocenters. The first-order chi connectivity index (χ1) is 8.89. The molecule has 0 saturated carbocycles. The number of hydrogen-bond donors (Lipinski definition) is 1. The van der Waals surface area contributed by atoms with E-state index in [2.05, 4.69) is 21.2 Å². The summed E-state index contributed by atoms with van der Waals surface area (Å²) in [6, 6.07) is 1.99. The predicted octanol–water partition coefficient (Wildman–Crippen LogP) is 3.96. The molecule has 0 fully saturated rings. The summed E-state index contributed by atoms with van der Waals surface area (Å²) in [5.74, 6) is -1.99. The van der Waals surface area contributed by atoms with E-state index in [4.69, 9.17) is 0 Å². The highest BCUT2D eigenvalue weighted by Gasteiger charge is 2.28. The first kappa shape index (κ1) is 16.1. The molecular weight excluding hydrogens is 316 g/mol. The molecule has 1 amide bonds. The van der Waals surface area contributed by atoms with Gasteiger partial charge in [0.1, 0.15) is 11.6 Å².